The van der Waals surface area contributed by atoms with Crippen molar-refractivity contribution < 1.29 is 19.1 Å². The van der Waals surface area contributed by atoms with E-state index in [9.17, 15) is 14.4 Å². The van der Waals surface area contributed by atoms with Gasteiger partial charge in [-0.25, -0.2) is 4.79 Å². The molecule has 31 heavy (non-hydrogen) atoms. The molecule has 2 aromatic rings. The van der Waals surface area contributed by atoms with Crippen molar-refractivity contribution in [3.8, 4) is 0 Å². The molecule has 1 aromatic carbocycles. The van der Waals surface area contributed by atoms with E-state index in [1.165, 1.54) is 11.3 Å². The summed E-state index contributed by atoms with van der Waals surface area (Å²) in [5.74, 6) is -1.11. The number of hydrogen-bond acceptors (Lipinski definition) is 6. The topological polar surface area (TPSA) is 79.0 Å². The summed E-state index contributed by atoms with van der Waals surface area (Å²) in [6.45, 7) is 7.39. The van der Waals surface area contributed by atoms with Gasteiger partial charge in [0, 0.05) is 30.5 Å². The largest absolute Gasteiger partial charge is 0.454 e. The second kappa shape index (κ2) is 10.4. The zero-order valence-electron chi connectivity index (χ0n) is 18.2. The minimum absolute atomic E-state index is 0.165. The fourth-order valence-electron chi connectivity index (χ4n) is 3.81. The van der Waals surface area contributed by atoms with Crippen molar-refractivity contribution in [2.75, 3.05) is 29.9 Å². The Morgan fingerprint density at radius 2 is 1.97 bits per heavy atom. The fourth-order valence-corrected chi connectivity index (χ4v) is 4.49. The third-order valence-electron chi connectivity index (χ3n) is 5.31. The summed E-state index contributed by atoms with van der Waals surface area (Å²) in [6, 6.07) is 10.9. The van der Waals surface area contributed by atoms with Crippen molar-refractivity contribution in [2.45, 2.75) is 45.7 Å². The molecule has 2 heterocycles. The summed E-state index contributed by atoms with van der Waals surface area (Å²) in [5, 5.41) is 4.57. The van der Waals surface area contributed by atoms with Gasteiger partial charge in [0.1, 0.15) is 6.04 Å². The molecule has 1 N–H and O–H groups in total. The van der Waals surface area contributed by atoms with E-state index in [2.05, 4.69) is 31.0 Å². The second-order valence-electron chi connectivity index (χ2n) is 7.72. The number of anilines is 2. The van der Waals surface area contributed by atoms with E-state index in [1.54, 1.807) is 17.0 Å². The predicted octanol–water partition coefficient (Wildman–Crippen LogP) is 3.77. The van der Waals surface area contributed by atoms with E-state index in [4.69, 9.17) is 4.74 Å². The summed E-state index contributed by atoms with van der Waals surface area (Å²) < 4.78 is 5.22. The van der Waals surface area contributed by atoms with Crippen LogP contribution in [0.5, 0.6) is 0 Å². The Labute approximate surface area is 187 Å². The normalized spacial score (nSPS) is 15.7. The average Bonchev–Trinajstić information content (AvgIpc) is 3.45. The van der Waals surface area contributed by atoms with Gasteiger partial charge in [-0.15, -0.1) is 11.3 Å². The average molecular weight is 444 g/mol. The number of benzene rings is 1. The van der Waals surface area contributed by atoms with Crippen molar-refractivity contribution >= 4 is 40.5 Å². The highest BCUT2D eigenvalue weighted by Crippen LogP contribution is 2.23. The van der Waals surface area contributed by atoms with E-state index >= 15 is 0 Å². The first-order chi connectivity index (χ1) is 14.9. The van der Waals surface area contributed by atoms with Gasteiger partial charge in [0.2, 0.25) is 0 Å². The van der Waals surface area contributed by atoms with Crippen molar-refractivity contribution in [1.29, 1.82) is 0 Å². The van der Waals surface area contributed by atoms with Gasteiger partial charge in [0.25, 0.3) is 11.8 Å². The SMILES string of the molecule is CCN(c1ccc(NC(=O)COC(=O)[C@@H]2CCCN2C(=O)c2cccs2)cc1)C(C)C. The van der Waals surface area contributed by atoms with Crippen LogP contribution in [-0.2, 0) is 14.3 Å². The zero-order valence-corrected chi connectivity index (χ0v) is 19.0. The molecule has 2 amide bonds. The van der Waals surface area contributed by atoms with E-state index in [0.29, 0.717) is 29.6 Å². The molecule has 1 aliphatic rings. The van der Waals surface area contributed by atoms with Crippen LogP contribution < -0.4 is 10.2 Å². The van der Waals surface area contributed by atoms with Gasteiger partial charge in [0.15, 0.2) is 6.61 Å². The van der Waals surface area contributed by atoms with Gasteiger partial charge >= 0.3 is 5.97 Å². The number of likely N-dealkylation sites (tertiary alicyclic amines) is 1. The van der Waals surface area contributed by atoms with Crippen LogP contribution in [0.3, 0.4) is 0 Å². The van der Waals surface area contributed by atoms with E-state index in [-0.39, 0.29) is 12.5 Å². The number of carbonyl (C=O) groups excluding carboxylic acids is 3. The van der Waals surface area contributed by atoms with Crippen molar-refractivity contribution in [3.05, 3.63) is 46.7 Å². The van der Waals surface area contributed by atoms with Crippen LogP contribution in [0.15, 0.2) is 41.8 Å². The molecule has 0 radical (unpaired) electrons. The number of ether oxygens (including phenoxy) is 1. The standard InChI is InChI=1S/C23H29N3O4S/c1-4-25(16(2)3)18-11-9-17(10-12-18)24-21(27)15-30-23(29)19-7-5-13-26(19)22(28)20-8-6-14-31-20/h6,8-12,14,16,19H,4-5,7,13,15H2,1-3H3,(H,24,27)/t19-/m0/s1. The lowest BCUT2D eigenvalue weighted by Crippen LogP contribution is -2.41. The Morgan fingerprint density at radius 3 is 2.58 bits per heavy atom. The van der Waals surface area contributed by atoms with Crippen LogP contribution in [0, 0.1) is 0 Å². The van der Waals surface area contributed by atoms with Crippen LogP contribution in [0.1, 0.15) is 43.3 Å². The number of hydrogen-bond donors (Lipinski definition) is 1. The van der Waals surface area contributed by atoms with Crippen molar-refractivity contribution in [3.63, 3.8) is 0 Å². The molecule has 1 aromatic heterocycles. The third kappa shape index (κ3) is 5.64. The fraction of sp³-hybridized carbons (Fsp3) is 0.435. The lowest BCUT2D eigenvalue weighted by atomic mass is 10.2. The molecule has 1 aliphatic heterocycles. The maximum absolute atomic E-state index is 12.6. The zero-order chi connectivity index (χ0) is 22.4. The molecule has 0 spiro atoms. The van der Waals surface area contributed by atoms with E-state index < -0.39 is 17.9 Å². The first-order valence-corrected chi connectivity index (χ1v) is 11.5. The van der Waals surface area contributed by atoms with Crippen molar-refractivity contribution in [1.82, 2.24) is 4.90 Å². The summed E-state index contributed by atoms with van der Waals surface area (Å²) in [7, 11) is 0. The Balaban J connectivity index is 1.51. The molecule has 166 valence electrons. The van der Waals surface area contributed by atoms with Gasteiger partial charge in [-0.2, -0.15) is 0 Å². The highest BCUT2D eigenvalue weighted by atomic mass is 32.1. The molecule has 0 aliphatic carbocycles. The molecule has 8 heteroatoms. The molecule has 0 saturated carbocycles. The van der Waals surface area contributed by atoms with Crippen LogP contribution in [0.25, 0.3) is 0 Å². The van der Waals surface area contributed by atoms with Crippen LogP contribution >= 0.6 is 11.3 Å². The minimum Gasteiger partial charge on any atom is -0.454 e. The molecule has 1 saturated heterocycles. The molecular weight excluding hydrogens is 414 g/mol. The van der Waals surface area contributed by atoms with Gasteiger partial charge in [-0.3, -0.25) is 9.59 Å². The molecule has 3 rings (SSSR count). The summed E-state index contributed by atoms with van der Waals surface area (Å²) in [5.41, 5.74) is 1.72. The summed E-state index contributed by atoms with van der Waals surface area (Å²) in [4.78, 5) is 41.7. The monoisotopic (exact) mass is 443 g/mol. The second-order valence-corrected chi connectivity index (χ2v) is 8.66. The Kier molecular flexibility index (Phi) is 7.68. The maximum Gasteiger partial charge on any atom is 0.329 e. The van der Waals surface area contributed by atoms with Gasteiger partial charge in [-0.1, -0.05) is 6.07 Å². The van der Waals surface area contributed by atoms with Crippen LogP contribution in [-0.4, -0.2) is 54.5 Å². The molecule has 1 atom stereocenters. The predicted molar refractivity (Wildman–Crippen MR) is 123 cm³/mol. The highest BCUT2D eigenvalue weighted by molar-refractivity contribution is 7.12. The number of nitrogens with one attached hydrogen (secondary N) is 1. The molecular formula is C23H29N3O4S. The van der Waals surface area contributed by atoms with Crippen LogP contribution in [0.4, 0.5) is 11.4 Å². The van der Waals surface area contributed by atoms with Gasteiger partial charge in [-0.05, 0) is 69.3 Å². The van der Waals surface area contributed by atoms with Crippen LogP contribution in [0.2, 0.25) is 0 Å². The van der Waals surface area contributed by atoms with Gasteiger partial charge in [0.05, 0.1) is 4.88 Å². The number of amides is 2. The molecule has 7 nitrogen and oxygen atoms in total. The highest BCUT2D eigenvalue weighted by Gasteiger charge is 2.36. The maximum atomic E-state index is 12.6. The lowest BCUT2D eigenvalue weighted by Gasteiger charge is -2.27. The Hall–Kier alpha value is -2.87. The number of carbonyl (C=O) groups is 3. The Bertz CT molecular complexity index is 896. The number of nitrogens with zero attached hydrogens (tertiary/aromatic N) is 2. The molecule has 1 fully saturated rings. The first-order valence-electron chi connectivity index (χ1n) is 10.6. The lowest BCUT2D eigenvalue weighted by molar-refractivity contribution is -0.151. The quantitative estimate of drug-likeness (QED) is 0.629. The smallest absolute Gasteiger partial charge is 0.329 e. The summed E-state index contributed by atoms with van der Waals surface area (Å²) in [6.07, 6.45) is 1.28. The van der Waals surface area contributed by atoms with E-state index in [1.807, 2.05) is 29.6 Å². The van der Waals surface area contributed by atoms with Gasteiger partial charge < -0.3 is 19.9 Å². The third-order valence-corrected chi connectivity index (χ3v) is 6.17. The number of thiophene rings is 1. The molecule has 0 bridgehead atoms. The van der Waals surface area contributed by atoms with Crippen molar-refractivity contribution in [2.24, 2.45) is 0 Å². The summed E-state index contributed by atoms with van der Waals surface area (Å²) >= 11 is 1.35. The first kappa shape index (κ1) is 22.8. The molecule has 0 unspecified atom stereocenters. The minimum atomic E-state index is -0.641. The Morgan fingerprint density at radius 1 is 1.23 bits per heavy atom. The number of esters is 1. The number of rotatable bonds is 8. The van der Waals surface area contributed by atoms with E-state index in [0.717, 1.165) is 18.7 Å².